The van der Waals surface area contributed by atoms with E-state index in [9.17, 15) is 19.2 Å². The lowest BCUT2D eigenvalue weighted by Crippen LogP contribution is -2.37. The molecule has 0 spiro atoms. The predicted molar refractivity (Wildman–Crippen MR) is 191 cm³/mol. The molecule has 10 heteroatoms. The second-order valence-electron chi connectivity index (χ2n) is 12.5. The molecular formula is C37H31Br3N2O5. The van der Waals surface area contributed by atoms with Crippen molar-refractivity contribution in [3.8, 4) is 11.3 Å². The van der Waals surface area contributed by atoms with Crippen LogP contribution in [0.3, 0.4) is 0 Å². The van der Waals surface area contributed by atoms with Crippen molar-refractivity contribution < 1.29 is 23.9 Å². The number of aryl methyl sites for hydroxylation is 1. The largest absolute Gasteiger partial charge is 0.450 e. The van der Waals surface area contributed by atoms with Gasteiger partial charge in [0.15, 0.2) is 6.10 Å². The van der Waals surface area contributed by atoms with E-state index in [1.165, 1.54) is 4.90 Å². The molecule has 1 aromatic heterocycles. The highest BCUT2D eigenvalue weighted by Gasteiger charge is 2.66. The molecule has 2 heterocycles. The van der Waals surface area contributed by atoms with Gasteiger partial charge in [0.1, 0.15) is 0 Å². The van der Waals surface area contributed by atoms with E-state index in [1.807, 2.05) is 44.2 Å². The summed E-state index contributed by atoms with van der Waals surface area (Å²) in [7, 11) is 0. The van der Waals surface area contributed by atoms with Gasteiger partial charge in [0.2, 0.25) is 17.6 Å². The predicted octanol–water partition coefficient (Wildman–Crippen LogP) is 8.33. The third-order valence-corrected chi connectivity index (χ3v) is 13.6. The molecule has 2 aliphatic carbocycles. The van der Waals surface area contributed by atoms with Crippen molar-refractivity contribution >= 4 is 87.9 Å². The van der Waals surface area contributed by atoms with Crippen molar-refractivity contribution in [3.63, 3.8) is 0 Å². The molecule has 3 aromatic carbocycles. The lowest BCUT2D eigenvalue weighted by atomic mass is 9.81. The number of carbonyl (C=O) groups excluding carboxylic acids is 4. The number of carbonyl (C=O) groups is 4. The Bertz CT molecular complexity index is 1900. The number of nitrogens with zero attached hydrogens (tertiary/aromatic N) is 2. The second-order valence-corrected chi connectivity index (χ2v) is 15.5. The van der Waals surface area contributed by atoms with Crippen LogP contribution in [0.5, 0.6) is 0 Å². The number of hydrogen-bond acceptors (Lipinski definition) is 6. The monoisotopic (exact) mass is 820 g/mol. The van der Waals surface area contributed by atoms with E-state index in [2.05, 4.69) is 47.8 Å². The molecule has 2 bridgehead atoms. The maximum absolute atomic E-state index is 13.9. The Balaban J connectivity index is 1.23. The van der Waals surface area contributed by atoms with Crippen molar-refractivity contribution in [3.05, 3.63) is 94.0 Å². The molecule has 7 nitrogen and oxygen atoms in total. The number of halogens is 3. The smallest absolute Gasteiger partial charge is 0.339 e. The summed E-state index contributed by atoms with van der Waals surface area (Å²) in [6.45, 7) is 3.84. The third-order valence-electron chi connectivity index (χ3n) is 9.94. The van der Waals surface area contributed by atoms with Gasteiger partial charge in [-0.05, 0) is 67.0 Å². The standard InChI is InChI=1S/C37H31Br3N2O5/c1-3-18-14-21(38)15-23-24(37(46)47-28(4-2)34(43)20-8-6-5-7-9-20)17-27(41-33(18)23)19-10-12-22(13-11-19)42-35(44)29-25-16-26(30(29)36(42)45)32(40)31(25)39/h5-15,17,25-26,28-32H,3-4,16H2,1-2H3. The number of alkyl halides is 2. The van der Waals surface area contributed by atoms with Crippen molar-refractivity contribution in [2.24, 2.45) is 23.7 Å². The Morgan fingerprint density at radius 1 is 0.915 bits per heavy atom. The highest BCUT2D eigenvalue weighted by atomic mass is 79.9. The maximum Gasteiger partial charge on any atom is 0.339 e. The first-order chi connectivity index (χ1) is 22.6. The molecule has 3 aliphatic rings. The minimum Gasteiger partial charge on any atom is -0.450 e. The Kier molecular flexibility index (Phi) is 8.72. The lowest BCUT2D eigenvalue weighted by molar-refractivity contribution is -0.123. The second kappa shape index (κ2) is 12.7. The van der Waals surface area contributed by atoms with Gasteiger partial charge in [0, 0.05) is 30.6 Å². The summed E-state index contributed by atoms with van der Waals surface area (Å²) in [5.41, 5.74) is 4.15. The normalized spacial score (nSPS) is 25.3. The summed E-state index contributed by atoms with van der Waals surface area (Å²) in [6, 6.07) is 21.5. The fourth-order valence-electron chi connectivity index (χ4n) is 7.63. The van der Waals surface area contributed by atoms with Crippen LogP contribution in [-0.4, -0.2) is 44.3 Å². The molecule has 7 atom stereocenters. The zero-order chi connectivity index (χ0) is 33.1. The molecule has 0 N–H and O–H groups in total. The van der Waals surface area contributed by atoms with E-state index in [1.54, 1.807) is 42.5 Å². The number of benzene rings is 3. The van der Waals surface area contributed by atoms with E-state index >= 15 is 0 Å². The average Bonchev–Trinajstić information content (AvgIpc) is 3.70. The van der Waals surface area contributed by atoms with E-state index in [4.69, 9.17) is 9.72 Å². The van der Waals surface area contributed by atoms with Crippen LogP contribution in [0.2, 0.25) is 0 Å². The number of anilines is 1. The number of rotatable bonds is 8. The molecular weight excluding hydrogens is 792 g/mol. The maximum atomic E-state index is 13.9. The summed E-state index contributed by atoms with van der Waals surface area (Å²) in [4.78, 5) is 60.9. The first-order valence-electron chi connectivity index (χ1n) is 15.8. The van der Waals surface area contributed by atoms with E-state index < -0.39 is 12.1 Å². The van der Waals surface area contributed by atoms with Crippen LogP contribution in [-0.2, 0) is 20.7 Å². The Labute approximate surface area is 297 Å². The zero-order valence-electron chi connectivity index (χ0n) is 25.7. The number of amides is 2. The molecule has 7 unspecified atom stereocenters. The molecule has 2 amide bonds. The molecule has 2 saturated carbocycles. The molecule has 1 saturated heterocycles. The van der Waals surface area contributed by atoms with Gasteiger partial charge in [-0.3, -0.25) is 19.3 Å². The van der Waals surface area contributed by atoms with E-state index in [0.29, 0.717) is 51.8 Å². The number of fused-ring (bicyclic) bond motifs is 6. The molecule has 47 heavy (non-hydrogen) atoms. The van der Waals surface area contributed by atoms with Crippen molar-refractivity contribution in [1.29, 1.82) is 0 Å². The van der Waals surface area contributed by atoms with Gasteiger partial charge in [-0.25, -0.2) is 9.78 Å². The van der Waals surface area contributed by atoms with Crippen LogP contribution in [0.25, 0.3) is 22.2 Å². The van der Waals surface area contributed by atoms with E-state index in [-0.39, 0.29) is 50.9 Å². The number of aromatic nitrogens is 1. The fourth-order valence-corrected chi connectivity index (χ4v) is 10.0. The van der Waals surface area contributed by atoms with Gasteiger partial charge < -0.3 is 4.74 Å². The van der Waals surface area contributed by atoms with Gasteiger partial charge in [-0.2, -0.15) is 0 Å². The van der Waals surface area contributed by atoms with Crippen LogP contribution < -0.4 is 4.90 Å². The number of ether oxygens (including phenoxy) is 1. The molecule has 240 valence electrons. The van der Waals surface area contributed by atoms with Crippen LogP contribution in [0.1, 0.15) is 53.0 Å². The van der Waals surface area contributed by atoms with E-state index in [0.717, 1.165) is 16.5 Å². The molecule has 7 rings (SSSR count). The highest BCUT2D eigenvalue weighted by Crippen LogP contribution is 2.60. The number of Topliss-reactive ketones (excluding diaryl/α,β-unsaturated/α-hetero) is 1. The number of imide groups is 1. The summed E-state index contributed by atoms with van der Waals surface area (Å²) in [5, 5.41) is 0.619. The third kappa shape index (κ3) is 5.40. The van der Waals surface area contributed by atoms with Crippen molar-refractivity contribution in [2.75, 3.05) is 4.90 Å². The highest BCUT2D eigenvalue weighted by molar-refractivity contribution is 9.12. The Morgan fingerprint density at radius 2 is 1.55 bits per heavy atom. The average molecular weight is 823 g/mol. The van der Waals surface area contributed by atoms with Crippen LogP contribution >= 0.6 is 47.8 Å². The number of pyridine rings is 1. The summed E-state index contributed by atoms with van der Waals surface area (Å²) in [6.07, 6.45) is 0.931. The minimum atomic E-state index is -0.946. The summed E-state index contributed by atoms with van der Waals surface area (Å²) in [5.74, 6) is -1.46. The fraction of sp³-hybridized carbons (Fsp3) is 0.324. The Morgan fingerprint density at radius 3 is 2.15 bits per heavy atom. The van der Waals surface area contributed by atoms with Gasteiger partial charge in [0.05, 0.1) is 34.3 Å². The van der Waals surface area contributed by atoms with Gasteiger partial charge >= 0.3 is 5.97 Å². The van der Waals surface area contributed by atoms with Gasteiger partial charge in [-0.1, -0.05) is 104 Å². The van der Waals surface area contributed by atoms with Crippen molar-refractivity contribution in [2.45, 2.75) is 48.9 Å². The molecule has 1 aliphatic heterocycles. The first-order valence-corrected chi connectivity index (χ1v) is 18.4. The van der Waals surface area contributed by atoms with Gasteiger partial charge in [-0.15, -0.1) is 0 Å². The van der Waals surface area contributed by atoms with Crippen LogP contribution in [0, 0.1) is 23.7 Å². The Hall–Kier alpha value is -3.21. The SMILES string of the molecule is CCc1cc(Br)cc2c(C(=O)OC(CC)C(=O)c3ccccc3)cc(-c3ccc(N4C(=O)C5C6CC(C(Br)C6Br)C5C4=O)cc3)nc12. The number of esters is 1. The molecule has 0 radical (unpaired) electrons. The molecule has 3 fully saturated rings. The van der Waals surface area contributed by atoms with Crippen molar-refractivity contribution in [1.82, 2.24) is 4.98 Å². The number of ketones is 1. The zero-order valence-corrected chi connectivity index (χ0v) is 30.4. The summed E-state index contributed by atoms with van der Waals surface area (Å²) >= 11 is 11.1. The van der Waals surface area contributed by atoms with Crippen LogP contribution in [0.15, 0.2) is 77.3 Å². The van der Waals surface area contributed by atoms with Gasteiger partial charge in [0.25, 0.3) is 0 Å². The van der Waals surface area contributed by atoms with Crippen LogP contribution in [0.4, 0.5) is 5.69 Å². The minimum absolute atomic E-state index is 0.133. The number of hydrogen-bond donors (Lipinski definition) is 0. The quantitative estimate of drug-likeness (QED) is 0.0769. The topological polar surface area (TPSA) is 93.6 Å². The summed E-state index contributed by atoms with van der Waals surface area (Å²) < 4.78 is 6.68. The first kappa shape index (κ1) is 32.3. The lowest BCUT2D eigenvalue weighted by Gasteiger charge is -2.28. The molecule has 4 aromatic rings.